The highest BCUT2D eigenvalue weighted by Crippen LogP contribution is 2.04. The molecule has 0 aromatic carbocycles. The lowest BCUT2D eigenvalue weighted by Crippen LogP contribution is -2.48. The Bertz CT molecular complexity index is 323. The van der Waals surface area contributed by atoms with E-state index in [-0.39, 0.29) is 0 Å². The number of hydrogen-bond acceptors (Lipinski definition) is 9. The molecule has 0 aromatic heterocycles. The Hall–Kier alpha value is -0.820. The summed E-state index contributed by atoms with van der Waals surface area (Å²) in [4.78, 5) is 10.1. The van der Waals surface area contributed by atoms with E-state index in [2.05, 4.69) is 4.18 Å². The van der Waals surface area contributed by atoms with Gasteiger partial charge in [0.1, 0.15) is 18.3 Å². The number of carboxylic acid groups (broad SMARTS) is 1. The van der Waals surface area contributed by atoms with Gasteiger partial charge in [-0.05, 0) is 6.42 Å². The first-order valence-electron chi connectivity index (χ1n) is 5.52. The Morgan fingerprint density at radius 2 is 1.65 bits per heavy atom. The number of hydrogen-bond donors (Lipinski definition) is 7. The molecule has 4 atom stereocenters. The van der Waals surface area contributed by atoms with Crippen molar-refractivity contribution in [2.24, 2.45) is 0 Å². The lowest BCUT2D eigenvalue weighted by molar-refractivity contribution is -0.164. The summed E-state index contributed by atoms with van der Waals surface area (Å²) in [5, 5.41) is 51.8. The maximum absolute atomic E-state index is 10.1. The Balaban J connectivity index is 0. The summed E-state index contributed by atoms with van der Waals surface area (Å²) < 4.78 is 23.3. The molecule has 10 nitrogen and oxygen atoms in total. The van der Waals surface area contributed by atoms with E-state index in [0.717, 1.165) is 6.42 Å². The van der Waals surface area contributed by atoms with Crippen LogP contribution in [0.1, 0.15) is 13.3 Å². The molecule has 11 heteroatoms. The van der Waals surface area contributed by atoms with Crippen LogP contribution in [0.15, 0.2) is 0 Å². The summed E-state index contributed by atoms with van der Waals surface area (Å²) in [5.74, 6) is -1.73. The number of carboxylic acids is 1. The van der Waals surface area contributed by atoms with Crippen molar-refractivity contribution < 1.29 is 48.0 Å². The molecule has 0 rings (SSSR count). The second kappa shape index (κ2) is 12.0. The quantitative estimate of drug-likeness (QED) is 0.221. The second-order valence-electron chi connectivity index (χ2n) is 3.57. The van der Waals surface area contributed by atoms with E-state index >= 15 is 0 Å². The highest BCUT2D eigenvalue weighted by Gasteiger charge is 2.33. The van der Waals surface area contributed by atoms with Gasteiger partial charge in [0.15, 0.2) is 6.10 Å². The first-order chi connectivity index (χ1) is 9.18. The Morgan fingerprint density at radius 3 is 1.90 bits per heavy atom. The molecule has 0 aromatic rings. The van der Waals surface area contributed by atoms with Crippen molar-refractivity contribution in [3.05, 3.63) is 0 Å². The smallest absolute Gasteiger partial charge is 0.335 e. The van der Waals surface area contributed by atoms with Gasteiger partial charge in [-0.15, -0.1) is 0 Å². The molecule has 0 saturated heterocycles. The molecule has 0 aliphatic heterocycles. The van der Waals surface area contributed by atoms with Gasteiger partial charge in [0, 0.05) is 0 Å². The SMILES string of the molecule is CCCO[SH](=O)=O.O=C(O)[C@H](O)[C@@H](O)[C@H](O)[C@H](O)CO. The molecule has 122 valence electrons. The molecule has 20 heavy (non-hydrogen) atoms. The summed E-state index contributed by atoms with van der Waals surface area (Å²) in [6, 6.07) is 0. The summed E-state index contributed by atoms with van der Waals surface area (Å²) in [6.45, 7) is 1.31. The van der Waals surface area contributed by atoms with Crippen LogP contribution in [-0.2, 0) is 20.0 Å². The zero-order valence-corrected chi connectivity index (χ0v) is 11.6. The highest BCUT2D eigenvalue weighted by atomic mass is 32.2. The Morgan fingerprint density at radius 1 is 1.15 bits per heavy atom. The van der Waals surface area contributed by atoms with Gasteiger partial charge in [0.05, 0.1) is 13.2 Å². The van der Waals surface area contributed by atoms with Crippen molar-refractivity contribution in [2.45, 2.75) is 37.8 Å². The van der Waals surface area contributed by atoms with Crippen LogP contribution in [0.25, 0.3) is 0 Å². The normalized spacial score (nSPS) is 16.8. The van der Waals surface area contributed by atoms with E-state index < -0.39 is 48.0 Å². The Labute approximate surface area is 117 Å². The summed E-state index contributed by atoms with van der Waals surface area (Å²) in [7, 11) is -2.61. The molecular weight excluding hydrogens is 300 g/mol. The molecule has 0 amide bonds. The lowest BCUT2D eigenvalue weighted by atomic mass is 10.0. The largest absolute Gasteiger partial charge is 0.479 e. The summed E-state index contributed by atoms with van der Waals surface area (Å²) >= 11 is 0. The minimum Gasteiger partial charge on any atom is -0.479 e. The molecule has 0 spiro atoms. The predicted molar refractivity (Wildman–Crippen MR) is 65.3 cm³/mol. The average molecular weight is 320 g/mol. The molecule has 0 unspecified atom stereocenters. The standard InChI is InChI=1S/C6H12O7.C3H8O3S/c7-1-2(8)3(9)4(10)5(11)6(12)13;1-2-3-6-7(4)5/h2-5,7-11H,1H2,(H,12,13);7H,2-3H2,1H3/t2-,3-,4+,5-;/m1./s1. The molecule has 0 saturated carbocycles. The molecule has 0 heterocycles. The van der Waals surface area contributed by atoms with Crippen molar-refractivity contribution in [3.63, 3.8) is 0 Å². The van der Waals surface area contributed by atoms with E-state index in [1.165, 1.54) is 0 Å². The van der Waals surface area contributed by atoms with Crippen LogP contribution in [0.4, 0.5) is 0 Å². The van der Waals surface area contributed by atoms with Gasteiger partial charge < -0.3 is 30.6 Å². The molecule has 0 radical (unpaired) electrons. The van der Waals surface area contributed by atoms with Crippen molar-refractivity contribution in [1.82, 2.24) is 0 Å². The highest BCUT2D eigenvalue weighted by molar-refractivity contribution is 7.67. The number of aliphatic carboxylic acids is 1. The van der Waals surface area contributed by atoms with E-state index in [4.69, 9.17) is 30.6 Å². The Kier molecular flexibility index (Phi) is 12.8. The third kappa shape index (κ3) is 10.0. The molecular formula is C9H20O10S. The second-order valence-corrected chi connectivity index (χ2v) is 4.28. The van der Waals surface area contributed by atoms with Crippen LogP contribution in [-0.4, -0.2) is 82.7 Å². The van der Waals surface area contributed by atoms with E-state index in [1.807, 2.05) is 6.92 Å². The molecule has 0 bridgehead atoms. The number of carbonyl (C=O) groups is 1. The topological polar surface area (TPSA) is 182 Å². The molecule has 0 aliphatic carbocycles. The lowest BCUT2D eigenvalue weighted by Gasteiger charge is -2.23. The monoisotopic (exact) mass is 320 g/mol. The van der Waals surface area contributed by atoms with Crippen LogP contribution in [0.3, 0.4) is 0 Å². The van der Waals surface area contributed by atoms with Gasteiger partial charge in [0.25, 0.3) is 11.0 Å². The van der Waals surface area contributed by atoms with Crippen molar-refractivity contribution in [1.29, 1.82) is 0 Å². The van der Waals surface area contributed by atoms with Gasteiger partial charge in [-0.25, -0.2) is 13.2 Å². The zero-order chi connectivity index (χ0) is 16.3. The first kappa shape index (κ1) is 21.5. The predicted octanol–water partition coefficient (Wildman–Crippen LogP) is -3.55. The van der Waals surface area contributed by atoms with Crippen molar-refractivity contribution in [3.8, 4) is 0 Å². The van der Waals surface area contributed by atoms with Crippen LogP contribution >= 0.6 is 0 Å². The third-order valence-corrected chi connectivity index (χ3v) is 2.30. The summed E-state index contributed by atoms with van der Waals surface area (Å²) in [6.07, 6.45) is -7.10. The maximum Gasteiger partial charge on any atom is 0.335 e. The average Bonchev–Trinajstić information content (AvgIpc) is 2.42. The van der Waals surface area contributed by atoms with Crippen molar-refractivity contribution >= 4 is 17.0 Å². The van der Waals surface area contributed by atoms with Crippen LogP contribution in [0.2, 0.25) is 0 Å². The van der Waals surface area contributed by atoms with E-state index in [1.54, 1.807) is 0 Å². The fraction of sp³-hybridized carbons (Fsp3) is 0.889. The number of aliphatic hydroxyl groups excluding tert-OH is 5. The minimum absolute atomic E-state index is 0.304. The van der Waals surface area contributed by atoms with E-state index in [0.29, 0.717) is 6.61 Å². The fourth-order valence-electron chi connectivity index (χ4n) is 0.834. The van der Waals surface area contributed by atoms with Crippen LogP contribution in [0.5, 0.6) is 0 Å². The first-order valence-corrected chi connectivity index (χ1v) is 6.61. The molecule has 0 fully saturated rings. The van der Waals surface area contributed by atoms with Gasteiger partial charge in [0.2, 0.25) is 0 Å². The number of aliphatic hydroxyl groups is 5. The van der Waals surface area contributed by atoms with Gasteiger partial charge in [-0.3, -0.25) is 4.18 Å². The van der Waals surface area contributed by atoms with Crippen LogP contribution < -0.4 is 0 Å². The molecule has 0 aliphatic rings. The minimum atomic E-state index is -2.61. The van der Waals surface area contributed by atoms with Crippen molar-refractivity contribution in [2.75, 3.05) is 13.2 Å². The number of rotatable bonds is 8. The van der Waals surface area contributed by atoms with Gasteiger partial charge in [-0.2, -0.15) is 0 Å². The van der Waals surface area contributed by atoms with E-state index in [9.17, 15) is 13.2 Å². The fourth-order valence-corrected chi connectivity index (χ4v) is 1.17. The van der Waals surface area contributed by atoms with Crippen LogP contribution in [0, 0.1) is 0 Å². The van der Waals surface area contributed by atoms with Gasteiger partial charge in [-0.1, -0.05) is 6.92 Å². The number of thiol groups is 1. The molecule has 6 N–H and O–H groups in total. The summed E-state index contributed by atoms with van der Waals surface area (Å²) in [5.41, 5.74) is 0. The van der Waals surface area contributed by atoms with Gasteiger partial charge >= 0.3 is 5.97 Å². The third-order valence-electron chi connectivity index (χ3n) is 1.91. The maximum atomic E-state index is 10.1. The zero-order valence-electron chi connectivity index (χ0n) is 10.7.